The van der Waals surface area contributed by atoms with Gasteiger partial charge in [-0.3, -0.25) is 0 Å². The number of aryl methyl sites for hydroxylation is 1. The van der Waals surface area contributed by atoms with Gasteiger partial charge in [0.15, 0.2) is 0 Å². The van der Waals surface area contributed by atoms with Crippen LogP contribution in [0, 0.1) is 5.41 Å². The lowest BCUT2D eigenvalue weighted by Gasteiger charge is -2.25. The maximum atomic E-state index is 2.49. The number of fused-ring (bicyclic) bond motifs is 1. The van der Waals surface area contributed by atoms with Crippen molar-refractivity contribution in [2.45, 2.75) is 79.7 Å². The lowest BCUT2D eigenvalue weighted by molar-refractivity contribution is 0.366. The van der Waals surface area contributed by atoms with Crippen molar-refractivity contribution in [3.8, 4) is 0 Å². The minimum absolute atomic E-state index is 0.695. The molecule has 1 nitrogen and oxygen atoms in total. The molecule has 0 amide bonds. The van der Waals surface area contributed by atoms with Gasteiger partial charge in [-0.25, -0.2) is 0 Å². The van der Waals surface area contributed by atoms with Crippen LogP contribution in [0.25, 0.3) is 0 Å². The van der Waals surface area contributed by atoms with Crippen molar-refractivity contribution >= 4 is 0 Å². The molecule has 2 heterocycles. The molecule has 1 aromatic heterocycles. The SMILES string of the molecule is CC.CC.CC(C)c1ccn2c1CC1(CC2)CC1. The van der Waals surface area contributed by atoms with E-state index in [0.29, 0.717) is 5.92 Å². The summed E-state index contributed by atoms with van der Waals surface area (Å²) in [6.45, 7) is 13.9. The van der Waals surface area contributed by atoms with E-state index in [1.165, 1.54) is 32.2 Å². The molecule has 104 valence electrons. The second-order valence-corrected chi connectivity index (χ2v) is 5.49. The first-order valence-electron chi connectivity index (χ1n) is 7.88. The molecule has 0 N–H and O–H groups in total. The van der Waals surface area contributed by atoms with Gasteiger partial charge in [0, 0.05) is 18.4 Å². The third kappa shape index (κ3) is 2.99. The molecule has 3 rings (SSSR count). The van der Waals surface area contributed by atoms with E-state index in [4.69, 9.17) is 0 Å². The van der Waals surface area contributed by atoms with Gasteiger partial charge in [0.05, 0.1) is 0 Å². The molecular weight excluding hydrogens is 218 g/mol. The molecule has 0 unspecified atom stereocenters. The molecule has 1 saturated carbocycles. The fourth-order valence-corrected chi connectivity index (χ4v) is 2.87. The van der Waals surface area contributed by atoms with E-state index in [1.54, 1.807) is 11.3 Å². The Morgan fingerprint density at radius 2 is 1.67 bits per heavy atom. The predicted molar refractivity (Wildman–Crippen MR) is 81.2 cm³/mol. The molecule has 0 saturated heterocycles. The molecule has 0 bridgehead atoms. The Kier molecular flexibility index (Phi) is 5.49. The Hall–Kier alpha value is -0.720. The summed E-state index contributed by atoms with van der Waals surface area (Å²) in [5.41, 5.74) is 3.98. The Balaban J connectivity index is 0.000000371. The smallest absolute Gasteiger partial charge is 0.0227 e. The second kappa shape index (κ2) is 6.45. The fourth-order valence-electron chi connectivity index (χ4n) is 2.87. The second-order valence-electron chi connectivity index (χ2n) is 5.49. The van der Waals surface area contributed by atoms with Crippen LogP contribution in [0.1, 0.15) is 78.0 Å². The predicted octanol–water partition coefficient (Wildman–Crippen LogP) is 5.39. The molecule has 1 aliphatic heterocycles. The zero-order chi connectivity index (χ0) is 13.8. The summed E-state index contributed by atoms with van der Waals surface area (Å²) in [6, 6.07) is 2.33. The molecule has 0 radical (unpaired) electrons. The van der Waals surface area contributed by atoms with Crippen molar-refractivity contribution in [1.29, 1.82) is 0 Å². The standard InChI is InChI=1S/C13H19N.2C2H6/c1-10(2)11-3-7-14-8-6-13(4-5-13)9-12(11)14;2*1-2/h3,7,10H,4-6,8-9H2,1-2H3;2*1-2H3. The molecular formula is C17H31N. The highest BCUT2D eigenvalue weighted by molar-refractivity contribution is 5.29. The van der Waals surface area contributed by atoms with Crippen LogP contribution < -0.4 is 0 Å². The summed E-state index contributed by atoms with van der Waals surface area (Å²) in [7, 11) is 0. The van der Waals surface area contributed by atoms with Crippen molar-refractivity contribution in [2.24, 2.45) is 5.41 Å². The van der Waals surface area contributed by atoms with Crippen LogP contribution in [-0.4, -0.2) is 4.57 Å². The number of hydrogen-bond donors (Lipinski definition) is 0. The molecule has 1 fully saturated rings. The van der Waals surface area contributed by atoms with E-state index in [2.05, 4.69) is 30.7 Å². The first kappa shape index (κ1) is 15.3. The zero-order valence-corrected chi connectivity index (χ0v) is 13.2. The summed E-state index contributed by atoms with van der Waals surface area (Å²) in [5.74, 6) is 0.695. The topological polar surface area (TPSA) is 4.93 Å². The van der Waals surface area contributed by atoms with Gasteiger partial charge in [0.1, 0.15) is 0 Å². The van der Waals surface area contributed by atoms with Gasteiger partial charge in [-0.05, 0) is 48.6 Å². The van der Waals surface area contributed by atoms with Crippen molar-refractivity contribution in [2.75, 3.05) is 0 Å². The number of nitrogens with zero attached hydrogens (tertiary/aromatic N) is 1. The van der Waals surface area contributed by atoms with E-state index in [1.807, 2.05) is 27.7 Å². The van der Waals surface area contributed by atoms with Gasteiger partial charge in [-0.15, -0.1) is 0 Å². The first-order chi connectivity index (χ1) is 8.70. The molecule has 2 aliphatic rings. The summed E-state index contributed by atoms with van der Waals surface area (Å²) in [4.78, 5) is 0. The van der Waals surface area contributed by atoms with E-state index >= 15 is 0 Å². The molecule has 18 heavy (non-hydrogen) atoms. The molecule has 1 aromatic rings. The summed E-state index contributed by atoms with van der Waals surface area (Å²) in [5, 5.41) is 0. The highest BCUT2D eigenvalue weighted by Gasteiger charge is 2.45. The van der Waals surface area contributed by atoms with Crippen LogP contribution in [0.15, 0.2) is 12.3 Å². The minimum Gasteiger partial charge on any atom is -0.351 e. The van der Waals surface area contributed by atoms with E-state index in [0.717, 1.165) is 5.41 Å². The normalized spacial score (nSPS) is 18.4. The number of hydrogen-bond acceptors (Lipinski definition) is 0. The summed E-state index contributed by atoms with van der Waals surface area (Å²) < 4.78 is 2.49. The Bertz CT molecular complexity index is 356. The molecule has 0 aromatic carbocycles. The minimum atomic E-state index is 0.695. The third-order valence-electron chi connectivity index (χ3n) is 4.12. The van der Waals surface area contributed by atoms with Crippen LogP contribution in [0.4, 0.5) is 0 Å². The Morgan fingerprint density at radius 3 is 2.17 bits per heavy atom. The van der Waals surface area contributed by atoms with Crippen molar-refractivity contribution < 1.29 is 0 Å². The maximum absolute atomic E-state index is 2.49. The van der Waals surface area contributed by atoms with Gasteiger partial charge in [-0.1, -0.05) is 41.5 Å². The molecule has 1 aliphatic carbocycles. The van der Waals surface area contributed by atoms with Gasteiger partial charge in [-0.2, -0.15) is 0 Å². The summed E-state index contributed by atoms with van der Waals surface area (Å²) >= 11 is 0. The zero-order valence-electron chi connectivity index (χ0n) is 13.2. The lowest BCUT2D eigenvalue weighted by Crippen LogP contribution is -2.20. The maximum Gasteiger partial charge on any atom is 0.0227 e. The van der Waals surface area contributed by atoms with Gasteiger partial charge in [0.25, 0.3) is 0 Å². The molecule has 1 heteroatoms. The third-order valence-corrected chi connectivity index (χ3v) is 4.12. The van der Waals surface area contributed by atoms with E-state index in [9.17, 15) is 0 Å². The quantitative estimate of drug-likeness (QED) is 0.629. The number of rotatable bonds is 1. The molecule has 1 spiro atoms. The largest absolute Gasteiger partial charge is 0.351 e. The van der Waals surface area contributed by atoms with E-state index < -0.39 is 0 Å². The van der Waals surface area contributed by atoms with Crippen LogP contribution in [0.2, 0.25) is 0 Å². The fraction of sp³-hybridized carbons (Fsp3) is 0.765. The average molecular weight is 249 g/mol. The van der Waals surface area contributed by atoms with Crippen LogP contribution >= 0.6 is 0 Å². The lowest BCUT2D eigenvalue weighted by atomic mass is 9.89. The monoisotopic (exact) mass is 249 g/mol. The number of aromatic nitrogens is 1. The van der Waals surface area contributed by atoms with Crippen LogP contribution in [0.3, 0.4) is 0 Å². The summed E-state index contributed by atoms with van der Waals surface area (Å²) in [6.07, 6.45) is 8.03. The van der Waals surface area contributed by atoms with Crippen molar-refractivity contribution in [3.63, 3.8) is 0 Å². The van der Waals surface area contributed by atoms with Gasteiger partial charge in [0.2, 0.25) is 0 Å². The van der Waals surface area contributed by atoms with Gasteiger partial charge >= 0.3 is 0 Å². The van der Waals surface area contributed by atoms with Crippen molar-refractivity contribution in [3.05, 3.63) is 23.5 Å². The highest BCUT2D eigenvalue weighted by Crippen LogP contribution is 2.54. The first-order valence-corrected chi connectivity index (χ1v) is 7.88. The van der Waals surface area contributed by atoms with E-state index in [-0.39, 0.29) is 0 Å². The Morgan fingerprint density at radius 1 is 1.06 bits per heavy atom. The van der Waals surface area contributed by atoms with Gasteiger partial charge < -0.3 is 4.57 Å². The highest BCUT2D eigenvalue weighted by atomic mass is 15.0. The van der Waals surface area contributed by atoms with Crippen LogP contribution in [0.5, 0.6) is 0 Å². The Labute approximate surface area is 114 Å². The molecule has 0 atom stereocenters. The van der Waals surface area contributed by atoms with Crippen molar-refractivity contribution in [1.82, 2.24) is 4.57 Å². The average Bonchev–Trinajstić information content (AvgIpc) is 3.02. The van der Waals surface area contributed by atoms with Crippen LogP contribution in [-0.2, 0) is 13.0 Å².